The normalized spacial score (nSPS) is 14.8. The van der Waals surface area contributed by atoms with E-state index >= 15 is 0 Å². The third-order valence-corrected chi connectivity index (χ3v) is 5.49. The van der Waals surface area contributed by atoms with Crippen LogP contribution in [0.1, 0.15) is 34.5 Å². The number of likely N-dealkylation sites (tertiary alicyclic amines) is 1. The number of carbonyl (C=O) groups is 2. The lowest BCUT2D eigenvalue weighted by molar-refractivity contribution is -0.121. The van der Waals surface area contributed by atoms with Crippen LogP contribution in [0.5, 0.6) is 0 Å². The topological polar surface area (TPSA) is 75.2 Å². The number of anilines is 1. The Labute approximate surface area is 170 Å². The van der Waals surface area contributed by atoms with Crippen molar-refractivity contribution >= 4 is 28.4 Å². The average Bonchev–Trinajstić information content (AvgIpc) is 2.74. The van der Waals surface area contributed by atoms with E-state index in [9.17, 15) is 9.59 Å². The first-order valence-electron chi connectivity index (χ1n) is 9.89. The van der Waals surface area contributed by atoms with Gasteiger partial charge in [0.05, 0.1) is 16.8 Å². The van der Waals surface area contributed by atoms with E-state index in [4.69, 9.17) is 0 Å². The molecule has 1 saturated heterocycles. The molecule has 3 aromatic rings. The summed E-state index contributed by atoms with van der Waals surface area (Å²) in [7, 11) is 0. The van der Waals surface area contributed by atoms with E-state index < -0.39 is 0 Å². The Morgan fingerprint density at radius 1 is 1.03 bits per heavy atom. The molecule has 0 atom stereocenters. The molecule has 0 spiro atoms. The fourth-order valence-electron chi connectivity index (χ4n) is 3.80. The Bertz CT molecular complexity index is 1060. The fourth-order valence-corrected chi connectivity index (χ4v) is 3.80. The van der Waals surface area contributed by atoms with Gasteiger partial charge >= 0.3 is 0 Å². The van der Waals surface area contributed by atoms with E-state index in [2.05, 4.69) is 15.3 Å². The zero-order valence-electron chi connectivity index (χ0n) is 16.7. The molecule has 3 heterocycles. The number of hydrogen-bond donors (Lipinski definition) is 1. The van der Waals surface area contributed by atoms with E-state index in [0.29, 0.717) is 31.5 Å². The maximum atomic E-state index is 13.1. The number of nitrogens with one attached hydrogen (secondary N) is 1. The van der Waals surface area contributed by atoms with Gasteiger partial charge in [-0.1, -0.05) is 11.6 Å². The van der Waals surface area contributed by atoms with Crippen molar-refractivity contribution < 1.29 is 9.59 Å². The molecule has 1 N–H and O–H groups in total. The number of aryl methyl sites for hydroxylation is 2. The van der Waals surface area contributed by atoms with Gasteiger partial charge in [-0.25, -0.2) is 0 Å². The molecule has 0 unspecified atom stereocenters. The second-order valence-corrected chi connectivity index (χ2v) is 7.61. The predicted octanol–water partition coefficient (Wildman–Crippen LogP) is 3.74. The number of pyridine rings is 2. The average molecular weight is 388 g/mol. The number of aromatic nitrogens is 2. The van der Waals surface area contributed by atoms with E-state index in [0.717, 1.165) is 27.8 Å². The highest BCUT2D eigenvalue weighted by Gasteiger charge is 2.28. The maximum Gasteiger partial charge on any atom is 0.255 e. The number of hydrogen-bond acceptors (Lipinski definition) is 4. The summed E-state index contributed by atoms with van der Waals surface area (Å²) in [6.07, 6.45) is 4.61. The molecular formula is C23H24N4O2. The molecule has 1 aromatic carbocycles. The van der Waals surface area contributed by atoms with Gasteiger partial charge in [0.2, 0.25) is 5.91 Å². The van der Waals surface area contributed by atoms with Crippen LogP contribution in [0.15, 0.2) is 48.8 Å². The van der Waals surface area contributed by atoms with Crippen LogP contribution in [0.25, 0.3) is 10.9 Å². The lowest BCUT2D eigenvalue weighted by Crippen LogP contribution is -2.41. The van der Waals surface area contributed by atoms with E-state index in [-0.39, 0.29) is 17.7 Å². The summed E-state index contributed by atoms with van der Waals surface area (Å²) in [6.45, 7) is 5.04. The molecule has 1 aliphatic heterocycles. The van der Waals surface area contributed by atoms with Crippen LogP contribution in [0.3, 0.4) is 0 Å². The fraction of sp³-hybridized carbons (Fsp3) is 0.304. The van der Waals surface area contributed by atoms with Crippen molar-refractivity contribution in [3.8, 4) is 0 Å². The minimum atomic E-state index is -0.0920. The highest BCUT2D eigenvalue weighted by Crippen LogP contribution is 2.24. The second-order valence-electron chi connectivity index (χ2n) is 7.61. The zero-order valence-corrected chi connectivity index (χ0v) is 16.7. The van der Waals surface area contributed by atoms with Gasteiger partial charge in [-0.3, -0.25) is 19.6 Å². The Kier molecular flexibility index (Phi) is 5.25. The smallest absolute Gasteiger partial charge is 0.255 e. The standard InChI is InChI=1S/C23H24N4O2/c1-15-3-4-21-18(13-15)14-20(16(2)25-21)23(29)27-11-7-17(8-12-27)22(28)26-19-5-9-24-10-6-19/h3-6,9-10,13-14,17H,7-8,11-12H2,1-2H3,(H,24,26,28). The van der Waals surface area contributed by atoms with Gasteiger partial charge in [0.1, 0.15) is 0 Å². The predicted molar refractivity (Wildman–Crippen MR) is 113 cm³/mol. The summed E-state index contributed by atoms with van der Waals surface area (Å²) in [5.41, 5.74) is 4.17. The van der Waals surface area contributed by atoms with Gasteiger partial charge in [0.25, 0.3) is 5.91 Å². The van der Waals surface area contributed by atoms with Gasteiger partial charge in [0, 0.05) is 42.5 Å². The summed E-state index contributed by atoms with van der Waals surface area (Å²) in [5.74, 6) is -0.0978. The number of carbonyl (C=O) groups excluding carboxylic acids is 2. The summed E-state index contributed by atoms with van der Waals surface area (Å²) >= 11 is 0. The van der Waals surface area contributed by atoms with Crippen LogP contribution in [-0.2, 0) is 4.79 Å². The first-order valence-corrected chi connectivity index (χ1v) is 9.89. The van der Waals surface area contributed by atoms with Crippen molar-refractivity contribution in [3.63, 3.8) is 0 Å². The number of rotatable bonds is 3. The molecular weight excluding hydrogens is 364 g/mol. The van der Waals surface area contributed by atoms with Crippen molar-refractivity contribution in [1.29, 1.82) is 0 Å². The molecule has 0 bridgehead atoms. The quantitative estimate of drug-likeness (QED) is 0.742. The van der Waals surface area contributed by atoms with Crippen LogP contribution in [0.4, 0.5) is 5.69 Å². The van der Waals surface area contributed by atoms with Crippen LogP contribution >= 0.6 is 0 Å². The van der Waals surface area contributed by atoms with Crippen molar-refractivity contribution in [2.45, 2.75) is 26.7 Å². The number of piperidine rings is 1. The minimum absolute atomic E-state index is 0.00215. The molecule has 148 valence electrons. The first kappa shape index (κ1) is 19.1. The summed E-state index contributed by atoms with van der Waals surface area (Å²) in [5, 5.41) is 3.91. The molecule has 2 amide bonds. The van der Waals surface area contributed by atoms with E-state index in [1.807, 2.05) is 43.0 Å². The van der Waals surface area contributed by atoms with Crippen LogP contribution in [0, 0.1) is 19.8 Å². The lowest BCUT2D eigenvalue weighted by atomic mass is 9.95. The Balaban J connectivity index is 1.43. The second kappa shape index (κ2) is 7.99. The van der Waals surface area contributed by atoms with Gasteiger partial charge in [0.15, 0.2) is 0 Å². The number of benzene rings is 1. The van der Waals surface area contributed by atoms with Crippen LogP contribution < -0.4 is 5.32 Å². The number of fused-ring (bicyclic) bond motifs is 1. The molecule has 0 saturated carbocycles. The highest BCUT2D eigenvalue weighted by atomic mass is 16.2. The Morgan fingerprint density at radius 3 is 2.48 bits per heavy atom. The van der Waals surface area contributed by atoms with Crippen LogP contribution in [-0.4, -0.2) is 39.8 Å². The van der Waals surface area contributed by atoms with Crippen molar-refractivity contribution in [2.24, 2.45) is 5.92 Å². The molecule has 2 aromatic heterocycles. The molecule has 0 radical (unpaired) electrons. The first-order chi connectivity index (χ1) is 14.0. The number of amides is 2. The summed E-state index contributed by atoms with van der Waals surface area (Å²) in [6, 6.07) is 11.5. The van der Waals surface area contributed by atoms with Gasteiger partial charge in [-0.05, 0) is 57.0 Å². The largest absolute Gasteiger partial charge is 0.339 e. The van der Waals surface area contributed by atoms with Crippen LogP contribution in [0.2, 0.25) is 0 Å². The van der Waals surface area contributed by atoms with Crippen molar-refractivity contribution in [3.05, 3.63) is 65.6 Å². The number of nitrogens with zero attached hydrogens (tertiary/aromatic N) is 3. The van der Waals surface area contributed by atoms with Gasteiger partial charge < -0.3 is 10.2 Å². The van der Waals surface area contributed by atoms with Crippen molar-refractivity contribution in [1.82, 2.24) is 14.9 Å². The lowest BCUT2D eigenvalue weighted by Gasteiger charge is -2.31. The summed E-state index contributed by atoms with van der Waals surface area (Å²) in [4.78, 5) is 36.0. The Morgan fingerprint density at radius 2 is 1.76 bits per heavy atom. The molecule has 6 nitrogen and oxygen atoms in total. The SMILES string of the molecule is Cc1ccc2nc(C)c(C(=O)N3CCC(C(=O)Nc4ccncc4)CC3)cc2c1. The van der Waals surface area contributed by atoms with E-state index in [1.54, 1.807) is 24.5 Å². The molecule has 4 rings (SSSR count). The van der Waals surface area contributed by atoms with Gasteiger partial charge in [-0.15, -0.1) is 0 Å². The molecule has 1 fully saturated rings. The molecule has 6 heteroatoms. The highest BCUT2D eigenvalue weighted by molar-refractivity contribution is 5.99. The van der Waals surface area contributed by atoms with Crippen molar-refractivity contribution in [2.75, 3.05) is 18.4 Å². The third kappa shape index (κ3) is 4.11. The zero-order chi connectivity index (χ0) is 20.4. The Hall–Kier alpha value is -3.28. The van der Waals surface area contributed by atoms with Gasteiger partial charge in [-0.2, -0.15) is 0 Å². The monoisotopic (exact) mass is 388 g/mol. The third-order valence-electron chi connectivity index (χ3n) is 5.49. The van der Waals surface area contributed by atoms with E-state index in [1.165, 1.54) is 0 Å². The maximum absolute atomic E-state index is 13.1. The molecule has 0 aliphatic carbocycles. The molecule has 29 heavy (non-hydrogen) atoms. The molecule has 1 aliphatic rings. The summed E-state index contributed by atoms with van der Waals surface area (Å²) < 4.78 is 0. The minimum Gasteiger partial charge on any atom is -0.339 e.